The highest BCUT2D eigenvalue weighted by Crippen LogP contribution is 2.09. The molecule has 2 aromatic carbocycles. The number of hydrogen-bond acceptors (Lipinski definition) is 3. The summed E-state index contributed by atoms with van der Waals surface area (Å²) in [4.78, 5) is 12.6. The fourth-order valence-electron chi connectivity index (χ4n) is 2.13. The van der Waals surface area contributed by atoms with Crippen molar-refractivity contribution < 1.29 is 13.7 Å². The van der Waals surface area contributed by atoms with Gasteiger partial charge in [-0.05, 0) is 35.7 Å². The van der Waals surface area contributed by atoms with Gasteiger partial charge in [-0.1, -0.05) is 36.4 Å². The molecule has 122 valence electrons. The quantitative estimate of drug-likeness (QED) is 0.848. The predicted molar refractivity (Wildman–Crippen MR) is 91.5 cm³/mol. The number of aryl methyl sites for hydroxylation is 1. The van der Waals surface area contributed by atoms with Crippen LogP contribution in [0, 0.1) is 6.92 Å². The third kappa shape index (κ3) is 5.62. The fourth-order valence-corrected chi connectivity index (χ4v) is 3.19. The Labute approximate surface area is 139 Å². The molecule has 0 aromatic heterocycles. The average molecular weight is 331 g/mol. The lowest BCUT2D eigenvalue weighted by atomic mass is 10.1. The fraction of sp³-hybridized carbons (Fsp3) is 0.278. The van der Waals surface area contributed by atoms with Crippen LogP contribution in [0.25, 0.3) is 0 Å². The van der Waals surface area contributed by atoms with Crippen molar-refractivity contribution in [2.45, 2.75) is 25.0 Å². The maximum atomic E-state index is 12.2. The van der Waals surface area contributed by atoms with Crippen molar-refractivity contribution in [2.24, 2.45) is 0 Å². The monoisotopic (exact) mass is 331 g/mol. The first-order chi connectivity index (χ1) is 11.1. The molecule has 1 atom stereocenters. The van der Waals surface area contributed by atoms with Crippen molar-refractivity contribution in [2.75, 3.05) is 12.9 Å². The summed E-state index contributed by atoms with van der Waals surface area (Å²) in [5.41, 5.74) is 3.12. The standard InChI is InChI=1S/C18H21NO3S/c1-14-4-3-5-17(10-14)23(21)13-18(20)19-11-15-6-8-16(9-7-15)12-22-2/h3-10H,11-13H2,1-2H3,(H,19,20)/t23-/m0/s1. The molecule has 23 heavy (non-hydrogen) atoms. The number of ether oxygens (including phenoxy) is 1. The van der Waals surface area contributed by atoms with Crippen molar-refractivity contribution in [1.82, 2.24) is 5.32 Å². The zero-order valence-corrected chi connectivity index (χ0v) is 14.2. The number of hydrogen-bond donors (Lipinski definition) is 1. The van der Waals surface area contributed by atoms with Gasteiger partial charge < -0.3 is 10.1 Å². The second kappa shape index (κ2) is 8.60. The van der Waals surface area contributed by atoms with E-state index in [2.05, 4.69) is 5.32 Å². The molecule has 1 N–H and O–H groups in total. The molecular formula is C18H21NO3S. The van der Waals surface area contributed by atoms with Gasteiger partial charge in [-0.2, -0.15) is 0 Å². The summed E-state index contributed by atoms with van der Waals surface area (Å²) in [5.74, 6) is -0.239. The van der Waals surface area contributed by atoms with Crippen LogP contribution in [0.1, 0.15) is 16.7 Å². The summed E-state index contributed by atoms with van der Waals surface area (Å²) < 4.78 is 17.2. The van der Waals surface area contributed by atoms with E-state index in [1.165, 1.54) is 0 Å². The highest BCUT2D eigenvalue weighted by Gasteiger charge is 2.10. The maximum Gasteiger partial charge on any atom is 0.233 e. The van der Waals surface area contributed by atoms with Crippen LogP contribution in [0.2, 0.25) is 0 Å². The van der Waals surface area contributed by atoms with Crippen LogP contribution in [0.15, 0.2) is 53.4 Å². The number of carbonyl (C=O) groups is 1. The van der Waals surface area contributed by atoms with Crippen LogP contribution in [0.3, 0.4) is 0 Å². The van der Waals surface area contributed by atoms with Gasteiger partial charge in [-0.25, -0.2) is 0 Å². The van der Waals surface area contributed by atoms with Gasteiger partial charge >= 0.3 is 0 Å². The van der Waals surface area contributed by atoms with Crippen molar-refractivity contribution in [3.63, 3.8) is 0 Å². The van der Waals surface area contributed by atoms with Crippen LogP contribution in [-0.2, 0) is 33.5 Å². The van der Waals surface area contributed by atoms with E-state index < -0.39 is 10.8 Å². The van der Waals surface area contributed by atoms with E-state index in [0.717, 1.165) is 16.7 Å². The smallest absolute Gasteiger partial charge is 0.233 e. The molecule has 0 unspecified atom stereocenters. The van der Waals surface area contributed by atoms with Gasteiger partial charge in [0.1, 0.15) is 5.75 Å². The van der Waals surface area contributed by atoms with Gasteiger partial charge in [0.25, 0.3) is 0 Å². The summed E-state index contributed by atoms with van der Waals surface area (Å²) in [7, 11) is 0.339. The zero-order chi connectivity index (χ0) is 16.7. The topological polar surface area (TPSA) is 55.4 Å². The van der Waals surface area contributed by atoms with Crippen LogP contribution in [-0.4, -0.2) is 23.0 Å². The van der Waals surface area contributed by atoms with E-state index in [1.54, 1.807) is 13.2 Å². The first-order valence-corrected chi connectivity index (χ1v) is 8.69. The molecule has 0 aliphatic rings. The molecule has 2 aromatic rings. The molecular weight excluding hydrogens is 310 g/mol. The Morgan fingerprint density at radius 3 is 2.48 bits per heavy atom. The number of nitrogens with one attached hydrogen (secondary N) is 1. The van der Waals surface area contributed by atoms with Gasteiger partial charge in [-0.3, -0.25) is 9.00 Å². The van der Waals surface area contributed by atoms with E-state index in [0.29, 0.717) is 18.0 Å². The number of methoxy groups -OCH3 is 1. The van der Waals surface area contributed by atoms with Crippen molar-refractivity contribution in [1.29, 1.82) is 0 Å². The molecule has 0 aliphatic heterocycles. The molecule has 4 nitrogen and oxygen atoms in total. The lowest BCUT2D eigenvalue weighted by Crippen LogP contribution is -2.27. The Bertz CT molecular complexity index is 683. The number of amides is 1. The average Bonchev–Trinajstić information content (AvgIpc) is 2.54. The van der Waals surface area contributed by atoms with Crippen LogP contribution >= 0.6 is 0 Å². The molecule has 0 bridgehead atoms. The molecule has 0 heterocycles. The Morgan fingerprint density at radius 1 is 1.13 bits per heavy atom. The number of benzene rings is 2. The third-order valence-corrected chi connectivity index (χ3v) is 4.64. The SMILES string of the molecule is COCc1ccc(CNC(=O)C[S@](=O)c2cccc(C)c2)cc1. The van der Waals surface area contributed by atoms with Crippen molar-refractivity contribution in [3.05, 3.63) is 65.2 Å². The van der Waals surface area contributed by atoms with E-state index in [9.17, 15) is 9.00 Å². The zero-order valence-electron chi connectivity index (χ0n) is 13.4. The van der Waals surface area contributed by atoms with Gasteiger partial charge in [0.2, 0.25) is 5.91 Å². The molecule has 5 heteroatoms. The van der Waals surface area contributed by atoms with Crippen molar-refractivity contribution in [3.8, 4) is 0 Å². The van der Waals surface area contributed by atoms with Crippen LogP contribution in [0.4, 0.5) is 0 Å². The minimum Gasteiger partial charge on any atom is -0.380 e. The van der Waals surface area contributed by atoms with E-state index >= 15 is 0 Å². The lowest BCUT2D eigenvalue weighted by Gasteiger charge is -2.07. The van der Waals surface area contributed by atoms with E-state index in [1.807, 2.05) is 49.4 Å². The first-order valence-electron chi connectivity index (χ1n) is 7.37. The third-order valence-electron chi connectivity index (χ3n) is 3.34. The highest BCUT2D eigenvalue weighted by atomic mass is 32.2. The molecule has 2 rings (SSSR count). The predicted octanol–water partition coefficient (Wildman–Crippen LogP) is 2.57. The second-order valence-electron chi connectivity index (χ2n) is 5.33. The van der Waals surface area contributed by atoms with Gasteiger partial charge in [0, 0.05) is 18.6 Å². The summed E-state index contributed by atoms with van der Waals surface area (Å²) >= 11 is 0. The maximum absolute atomic E-state index is 12.2. The largest absolute Gasteiger partial charge is 0.380 e. The Hall–Kier alpha value is -1.98. The van der Waals surface area contributed by atoms with Crippen molar-refractivity contribution >= 4 is 16.7 Å². The number of rotatable bonds is 7. The van der Waals surface area contributed by atoms with Gasteiger partial charge in [0.05, 0.1) is 17.4 Å². The van der Waals surface area contributed by atoms with E-state index in [-0.39, 0.29) is 11.7 Å². The summed E-state index contributed by atoms with van der Waals surface area (Å²) in [6, 6.07) is 15.3. The molecule has 0 spiro atoms. The normalized spacial score (nSPS) is 11.9. The number of carbonyl (C=O) groups excluding carboxylic acids is 1. The summed E-state index contributed by atoms with van der Waals surface area (Å²) in [6.45, 7) is 2.94. The summed E-state index contributed by atoms with van der Waals surface area (Å²) in [6.07, 6.45) is 0. The molecule has 0 radical (unpaired) electrons. The molecule has 1 amide bonds. The Kier molecular flexibility index (Phi) is 6.50. The Morgan fingerprint density at radius 2 is 1.83 bits per heavy atom. The molecule has 0 aliphatic carbocycles. The first kappa shape index (κ1) is 17.4. The second-order valence-corrected chi connectivity index (χ2v) is 6.78. The lowest BCUT2D eigenvalue weighted by molar-refractivity contribution is -0.118. The van der Waals surface area contributed by atoms with E-state index in [4.69, 9.17) is 4.74 Å². The molecule has 0 saturated carbocycles. The Balaban J connectivity index is 1.84. The minimum atomic E-state index is -1.32. The summed E-state index contributed by atoms with van der Waals surface area (Å²) in [5, 5.41) is 2.80. The van der Waals surface area contributed by atoms with Crippen LogP contribution < -0.4 is 5.32 Å². The molecule has 0 saturated heterocycles. The van der Waals surface area contributed by atoms with Gasteiger partial charge in [-0.15, -0.1) is 0 Å². The van der Waals surface area contributed by atoms with Gasteiger partial charge in [0.15, 0.2) is 0 Å². The van der Waals surface area contributed by atoms with Crippen LogP contribution in [0.5, 0.6) is 0 Å². The molecule has 0 fully saturated rings. The minimum absolute atomic E-state index is 0.0226. The highest BCUT2D eigenvalue weighted by molar-refractivity contribution is 7.85.